The summed E-state index contributed by atoms with van der Waals surface area (Å²) in [5, 5.41) is 12.0. The molecule has 1 amide bonds. The smallest absolute Gasteiger partial charge is 0.226 e. The number of anilines is 1. The topological polar surface area (TPSA) is 80.9 Å². The first-order chi connectivity index (χ1) is 7.11. The molecule has 1 aromatic rings. The van der Waals surface area contributed by atoms with Crippen LogP contribution in [0.1, 0.15) is 31.7 Å². The number of aromatic nitrogens is 2. The fraction of sp³-hybridized carbons (Fsp3) is 0.667. The number of aryl methyl sites for hydroxylation is 1. The van der Waals surface area contributed by atoms with Crippen LogP contribution in [0.5, 0.6) is 0 Å². The Kier molecular flexibility index (Phi) is 7.20. The van der Waals surface area contributed by atoms with Gasteiger partial charge in [-0.3, -0.25) is 4.79 Å². The maximum absolute atomic E-state index is 11.4. The highest BCUT2D eigenvalue weighted by molar-refractivity contribution is 7.15. The number of hydrogen-bond donors (Lipinski definition) is 2. The standard InChI is InChI=1S/C9H16N4OS.ClH/c1-3-8-12-13-9(15-8)11-7(14)5-4-6(2)10;/h6H,3-5,10H2,1-2H3,(H,11,13,14);1H. The van der Waals surface area contributed by atoms with E-state index in [0.29, 0.717) is 18.0 Å². The molecule has 0 saturated carbocycles. The number of nitrogens with zero attached hydrogens (tertiary/aromatic N) is 2. The second kappa shape index (κ2) is 7.54. The van der Waals surface area contributed by atoms with Crippen molar-refractivity contribution in [3.8, 4) is 0 Å². The molecule has 92 valence electrons. The second-order valence-electron chi connectivity index (χ2n) is 3.42. The lowest BCUT2D eigenvalue weighted by Crippen LogP contribution is -2.19. The molecule has 0 spiro atoms. The quantitative estimate of drug-likeness (QED) is 0.846. The van der Waals surface area contributed by atoms with Crippen molar-refractivity contribution in [3.63, 3.8) is 0 Å². The van der Waals surface area contributed by atoms with Gasteiger partial charge in [-0.25, -0.2) is 0 Å². The summed E-state index contributed by atoms with van der Waals surface area (Å²) in [7, 11) is 0. The van der Waals surface area contributed by atoms with Crippen LogP contribution in [-0.4, -0.2) is 22.1 Å². The van der Waals surface area contributed by atoms with E-state index >= 15 is 0 Å². The average molecular weight is 265 g/mol. The normalized spacial score (nSPS) is 11.7. The van der Waals surface area contributed by atoms with E-state index in [1.807, 2.05) is 13.8 Å². The Bertz CT molecular complexity index is 329. The van der Waals surface area contributed by atoms with Crippen LogP contribution in [0.2, 0.25) is 0 Å². The fourth-order valence-electron chi connectivity index (χ4n) is 0.988. The van der Waals surface area contributed by atoms with Gasteiger partial charge >= 0.3 is 0 Å². The number of nitrogens with two attached hydrogens (primary N) is 1. The van der Waals surface area contributed by atoms with Crippen molar-refractivity contribution in [2.45, 2.75) is 39.2 Å². The minimum atomic E-state index is -0.0499. The average Bonchev–Trinajstić information content (AvgIpc) is 2.62. The van der Waals surface area contributed by atoms with E-state index in [4.69, 9.17) is 5.73 Å². The summed E-state index contributed by atoms with van der Waals surface area (Å²) in [4.78, 5) is 11.4. The van der Waals surface area contributed by atoms with E-state index in [-0.39, 0.29) is 24.4 Å². The molecule has 1 rings (SSSR count). The zero-order chi connectivity index (χ0) is 11.3. The summed E-state index contributed by atoms with van der Waals surface area (Å²) < 4.78 is 0. The number of halogens is 1. The molecule has 3 N–H and O–H groups in total. The monoisotopic (exact) mass is 264 g/mol. The molecule has 16 heavy (non-hydrogen) atoms. The highest BCUT2D eigenvalue weighted by atomic mass is 35.5. The van der Waals surface area contributed by atoms with Crippen molar-refractivity contribution in [2.75, 3.05) is 5.32 Å². The molecule has 7 heteroatoms. The zero-order valence-electron chi connectivity index (χ0n) is 9.40. The van der Waals surface area contributed by atoms with Crippen molar-refractivity contribution >= 4 is 34.8 Å². The molecule has 0 fully saturated rings. The summed E-state index contributed by atoms with van der Waals surface area (Å²) >= 11 is 1.41. The Morgan fingerprint density at radius 2 is 2.25 bits per heavy atom. The minimum absolute atomic E-state index is 0. The van der Waals surface area contributed by atoms with Crippen molar-refractivity contribution < 1.29 is 4.79 Å². The predicted octanol–water partition coefficient (Wildman–Crippen LogP) is 1.59. The van der Waals surface area contributed by atoms with Gasteiger partial charge in [-0.05, 0) is 19.8 Å². The Morgan fingerprint density at radius 3 is 2.75 bits per heavy atom. The van der Waals surface area contributed by atoms with Crippen LogP contribution in [0.15, 0.2) is 0 Å². The highest BCUT2D eigenvalue weighted by Gasteiger charge is 2.07. The van der Waals surface area contributed by atoms with E-state index in [1.54, 1.807) is 0 Å². The van der Waals surface area contributed by atoms with Gasteiger partial charge in [0.15, 0.2) is 0 Å². The predicted molar refractivity (Wildman–Crippen MR) is 68.0 cm³/mol. The molecule has 1 unspecified atom stereocenters. The molecule has 0 radical (unpaired) electrons. The number of carbonyl (C=O) groups is 1. The fourth-order valence-corrected chi connectivity index (χ4v) is 1.68. The first-order valence-corrected chi connectivity index (χ1v) is 5.81. The van der Waals surface area contributed by atoms with Crippen LogP contribution in [0, 0.1) is 0 Å². The molecule has 1 heterocycles. The van der Waals surface area contributed by atoms with E-state index < -0.39 is 0 Å². The van der Waals surface area contributed by atoms with Crippen molar-refractivity contribution in [1.82, 2.24) is 10.2 Å². The molecule has 0 saturated heterocycles. The maximum atomic E-state index is 11.4. The lowest BCUT2D eigenvalue weighted by molar-refractivity contribution is -0.116. The SMILES string of the molecule is CCc1nnc(NC(=O)CCC(C)N)s1.Cl. The van der Waals surface area contributed by atoms with Gasteiger partial charge in [-0.1, -0.05) is 18.3 Å². The Labute approximate surface area is 105 Å². The summed E-state index contributed by atoms with van der Waals surface area (Å²) in [6.07, 6.45) is 1.96. The molecule has 0 aliphatic heterocycles. The van der Waals surface area contributed by atoms with Crippen molar-refractivity contribution in [2.24, 2.45) is 5.73 Å². The second-order valence-corrected chi connectivity index (χ2v) is 4.48. The van der Waals surface area contributed by atoms with Gasteiger partial charge in [0.25, 0.3) is 0 Å². The van der Waals surface area contributed by atoms with Crippen LogP contribution in [0.25, 0.3) is 0 Å². The van der Waals surface area contributed by atoms with Crippen LogP contribution >= 0.6 is 23.7 Å². The molecule has 0 bridgehead atoms. The first kappa shape index (κ1) is 15.3. The number of rotatable bonds is 5. The number of amides is 1. The Morgan fingerprint density at radius 1 is 1.56 bits per heavy atom. The molecule has 5 nitrogen and oxygen atoms in total. The summed E-state index contributed by atoms with van der Waals surface area (Å²) in [6, 6.07) is 0.0522. The summed E-state index contributed by atoms with van der Waals surface area (Å²) in [6.45, 7) is 3.88. The van der Waals surface area contributed by atoms with E-state index in [0.717, 1.165) is 11.4 Å². The molecule has 0 aromatic carbocycles. The largest absolute Gasteiger partial charge is 0.328 e. The van der Waals surface area contributed by atoms with Gasteiger partial charge < -0.3 is 11.1 Å². The summed E-state index contributed by atoms with van der Waals surface area (Å²) in [5.74, 6) is -0.0499. The number of hydrogen-bond acceptors (Lipinski definition) is 5. The lowest BCUT2D eigenvalue weighted by atomic mass is 10.2. The van der Waals surface area contributed by atoms with Gasteiger partial charge in [0.05, 0.1) is 0 Å². The lowest BCUT2D eigenvalue weighted by Gasteiger charge is -2.03. The van der Waals surface area contributed by atoms with Crippen LogP contribution in [0.4, 0.5) is 5.13 Å². The molecule has 0 aliphatic carbocycles. The third-order valence-electron chi connectivity index (χ3n) is 1.84. The van der Waals surface area contributed by atoms with E-state index in [2.05, 4.69) is 15.5 Å². The maximum Gasteiger partial charge on any atom is 0.226 e. The third-order valence-corrected chi connectivity index (χ3v) is 2.83. The summed E-state index contributed by atoms with van der Waals surface area (Å²) in [5.41, 5.74) is 5.55. The third kappa shape index (κ3) is 5.39. The Hall–Kier alpha value is -0.720. The Balaban J connectivity index is 0.00000225. The minimum Gasteiger partial charge on any atom is -0.328 e. The molecular weight excluding hydrogens is 248 g/mol. The number of nitrogens with one attached hydrogen (secondary N) is 1. The molecule has 0 aliphatic rings. The van der Waals surface area contributed by atoms with Gasteiger partial charge in [-0.15, -0.1) is 22.6 Å². The van der Waals surface area contributed by atoms with Crippen LogP contribution in [-0.2, 0) is 11.2 Å². The molecule has 1 atom stereocenters. The number of carbonyl (C=O) groups excluding carboxylic acids is 1. The van der Waals surface area contributed by atoms with Crippen LogP contribution < -0.4 is 11.1 Å². The molecule has 1 aromatic heterocycles. The first-order valence-electron chi connectivity index (χ1n) is 4.99. The van der Waals surface area contributed by atoms with Gasteiger partial charge in [0, 0.05) is 12.5 Å². The van der Waals surface area contributed by atoms with Gasteiger partial charge in [-0.2, -0.15) is 0 Å². The molecular formula is C9H17ClN4OS. The zero-order valence-corrected chi connectivity index (χ0v) is 11.0. The van der Waals surface area contributed by atoms with Crippen molar-refractivity contribution in [1.29, 1.82) is 0 Å². The van der Waals surface area contributed by atoms with Crippen molar-refractivity contribution in [3.05, 3.63) is 5.01 Å². The van der Waals surface area contributed by atoms with E-state index in [9.17, 15) is 4.79 Å². The van der Waals surface area contributed by atoms with Gasteiger partial charge in [0.1, 0.15) is 5.01 Å². The van der Waals surface area contributed by atoms with Crippen LogP contribution in [0.3, 0.4) is 0 Å². The van der Waals surface area contributed by atoms with E-state index in [1.165, 1.54) is 11.3 Å². The van der Waals surface area contributed by atoms with Gasteiger partial charge in [0.2, 0.25) is 11.0 Å². The highest BCUT2D eigenvalue weighted by Crippen LogP contribution is 2.15.